The molecule has 0 saturated carbocycles. The van der Waals surface area contributed by atoms with Gasteiger partial charge >= 0.3 is 0 Å². The Balaban J connectivity index is 1.66. The number of hydrogen-bond acceptors (Lipinski definition) is 4. The second-order valence-electron chi connectivity index (χ2n) is 6.92. The monoisotopic (exact) mass is 371 g/mol. The van der Waals surface area contributed by atoms with Crippen LogP contribution < -0.4 is 0 Å². The lowest BCUT2D eigenvalue weighted by Crippen LogP contribution is -2.44. The summed E-state index contributed by atoms with van der Waals surface area (Å²) >= 11 is 0. The van der Waals surface area contributed by atoms with Gasteiger partial charge in [0, 0.05) is 37.9 Å². The van der Waals surface area contributed by atoms with Crippen molar-refractivity contribution in [3.05, 3.63) is 48.2 Å². The SMILES string of the molecule is CCCC(OC)C(=O)N1CCC(c2nccc(-c3cccc(F)c3)n2)CC1. The molecule has 1 amide bonds. The Morgan fingerprint density at radius 1 is 1.33 bits per heavy atom. The molecule has 1 aromatic heterocycles. The summed E-state index contributed by atoms with van der Waals surface area (Å²) < 4.78 is 18.8. The molecule has 144 valence electrons. The number of halogens is 1. The van der Waals surface area contributed by atoms with Gasteiger partial charge in [0.15, 0.2) is 0 Å². The highest BCUT2D eigenvalue weighted by Gasteiger charge is 2.29. The van der Waals surface area contributed by atoms with Crippen LogP contribution in [0.5, 0.6) is 0 Å². The van der Waals surface area contributed by atoms with Crippen LogP contribution in [0.3, 0.4) is 0 Å². The number of benzene rings is 1. The number of carbonyl (C=O) groups excluding carboxylic acids is 1. The number of hydrogen-bond donors (Lipinski definition) is 0. The van der Waals surface area contributed by atoms with Crippen molar-refractivity contribution in [3.8, 4) is 11.3 Å². The summed E-state index contributed by atoms with van der Waals surface area (Å²) in [6, 6.07) is 8.22. The van der Waals surface area contributed by atoms with Crippen molar-refractivity contribution < 1.29 is 13.9 Å². The Bertz CT molecular complexity index is 776. The van der Waals surface area contributed by atoms with Gasteiger partial charge in [0.1, 0.15) is 17.7 Å². The van der Waals surface area contributed by atoms with E-state index in [0.717, 1.165) is 42.8 Å². The predicted molar refractivity (Wildman–Crippen MR) is 102 cm³/mol. The third-order valence-corrected chi connectivity index (χ3v) is 5.08. The number of piperidine rings is 1. The highest BCUT2D eigenvalue weighted by atomic mass is 19.1. The zero-order valence-electron chi connectivity index (χ0n) is 15.9. The number of ether oxygens (including phenoxy) is 1. The Kier molecular flexibility index (Phi) is 6.50. The maximum atomic E-state index is 13.5. The molecule has 0 aliphatic carbocycles. The van der Waals surface area contributed by atoms with Crippen LogP contribution in [0.1, 0.15) is 44.3 Å². The molecule has 6 heteroatoms. The van der Waals surface area contributed by atoms with Crippen LogP contribution >= 0.6 is 0 Å². The van der Waals surface area contributed by atoms with E-state index in [0.29, 0.717) is 13.1 Å². The molecule has 27 heavy (non-hydrogen) atoms. The average molecular weight is 371 g/mol. The van der Waals surface area contributed by atoms with E-state index in [9.17, 15) is 9.18 Å². The first-order chi connectivity index (χ1) is 13.1. The van der Waals surface area contributed by atoms with Gasteiger partial charge in [-0.25, -0.2) is 14.4 Å². The lowest BCUT2D eigenvalue weighted by molar-refractivity contribution is -0.143. The van der Waals surface area contributed by atoms with E-state index >= 15 is 0 Å². The molecule has 1 aliphatic rings. The van der Waals surface area contributed by atoms with E-state index in [1.165, 1.54) is 12.1 Å². The minimum Gasteiger partial charge on any atom is -0.372 e. The molecule has 0 spiro atoms. The second kappa shape index (κ2) is 9.04. The first-order valence-corrected chi connectivity index (χ1v) is 9.52. The van der Waals surface area contributed by atoms with Crippen LogP contribution in [0, 0.1) is 5.82 Å². The molecule has 1 atom stereocenters. The minimum atomic E-state index is -0.348. The van der Waals surface area contributed by atoms with Gasteiger partial charge in [0.25, 0.3) is 5.91 Å². The topological polar surface area (TPSA) is 55.3 Å². The Morgan fingerprint density at radius 3 is 2.78 bits per heavy atom. The van der Waals surface area contributed by atoms with Crippen molar-refractivity contribution >= 4 is 5.91 Å². The number of methoxy groups -OCH3 is 1. The van der Waals surface area contributed by atoms with E-state index < -0.39 is 0 Å². The molecular formula is C21H26FN3O2. The summed E-state index contributed by atoms with van der Waals surface area (Å²) in [5.41, 5.74) is 1.47. The van der Waals surface area contributed by atoms with Crippen LogP contribution in [0.15, 0.2) is 36.5 Å². The second-order valence-corrected chi connectivity index (χ2v) is 6.92. The quantitative estimate of drug-likeness (QED) is 0.775. The smallest absolute Gasteiger partial charge is 0.251 e. The molecule has 5 nitrogen and oxygen atoms in total. The van der Waals surface area contributed by atoms with Gasteiger partial charge in [-0.3, -0.25) is 4.79 Å². The molecule has 0 bridgehead atoms. The average Bonchev–Trinajstić information content (AvgIpc) is 2.72. The number of rotatable bonds is 6. The van der Waals surface area contributed by atoms with Crippen molar-refractivity contribution in [2.75, 3.05) is 20.2 Å². The third-order valence-electron chi connectivity index (χ3n) is 5.08. The minimum absolute atomic E-state index is 0.0761. The Labute approximate surface area is 159 Å². The van der Waals surface area contributed by atoms with Gasteiger partial charge in [-0.15, -0.1) is 0 Å². The number of nitrogens with zero attached hydrogens (tertiary/aromatic N) is 3. The molecule has 1 aromatic carbocycles. The van der Waals surface area contributed by atoms with Crippen LogP contribution in [0.2, 0.25) is 0 Å². The zero-order chi connectivity index (χ0) is 19.2. The van der Waals surface area contributed by atoms with E-state index in [2.05, 4.69) is 16.9 Å². The lowest BCUT2D eigenvalue weighted by atomic mass is 9.95. The molecule has 1 saturated heterocycles. The van der Waals surface area contributed by atoms with E-state index in [1.54, 1.807) is 25.4 Å². The number of carbonyl (C=O) groups is 1. The molecule has 2 heterocycles. The molecule has 3 rings (SSSR count). The normalized spacial score (nSPS) is 16.3. The summed E-state index contributed by atoms with van der Waals surface area (Å²) in [6.45, 7) is 3.41. The number of amides is 1. The van der Waals surface area contributed by atoms with E-state index in [4.69, 9.17) is 4.74 Å². The summed E-state index contributed by atoms with van der Waals surface area (Å²) in [4.78, 5) is 23.5. The van der Waals surface area contributed by atoms with Crippen molar-refractivity contribution in [2.24, 2.45) is 0 Å². The first-order valence-electron chi connectivity index (χ1n) is 9.52. The highest BCUT2D eigenvalue weighted by Crippen LogP contribution is 2.28. The standard InChI is InChI=1S/C21H26FN3O2/c1-3-5-19(27-2)21(26)25-12-9-15(10-13-25)20-23-11-8-18(24-20)16-6-4-7-17(22)14-16/h4,6-8,11,14-15,19H,3,5,9-10,12-13H2,1-2H3. The summed E-state index contributed by atoms with van der Waals surface area (Å²) in [5, 5.41) is 0. The van der Waals surface area contributed by atoms with Crippen molar-refractivity contribution in [1.29, 1.82) is 0 Å². The van der Waals surface area contributed by atoms with Gasteiger partial charge in [-0.05, 0) is 37.5 Å². The molecule has 0 radical (unpaired) electrons. The maximum Gasteiger partial charge on any atom is 0.251 e. The van der Waals surface area contributed by atoms with Gasteiger partial charge in [-0.2, -0.15) is 0 Å². The van der Waals surface area contributed by atoms with E-state index in [1.807, 2.05) is 11.0 Å². The van der Waals surface area contributed by atoms with Gasteiger partial charge in [0.05, 0.1) is 5.69 Å². The fraction of sp³-hybridized carbons (Fsp3) is 0.476. The van der Waals surface area contributed by atoms with Gasteiger partial charge in [0.2, 0.25) is 0 Å². The molecular weight excluding hydrogens is 345 g/mol. The van der Waals surface area contributed by atoms with Crippen molar-refractivity contribution in [3.63, 3.8) is 0 Å². The fourth-order valence-corrected chi connectivity index (χ4v) is 3.55. The Morgan fingerprint density at radius 2 is 2.11 bits per heavy atom. The zero-order valence-corrected chi connectivity index (χ0v) is 15.9. The first kappa shape index (κ1) is 19.4. The molecule has 0 N–H and O–H groups in total. The van der Waals surface area contributed by atoms with Crippen LogP contribution in [-0.2, 0) is 9.53 Å². The van der Waals surface area contributed by atoms with Gasteiger partial charge in [-0.1, -0.05) is 25.5 Å². The highest BCUT2D eigenvalue weighted by molar-refractivity contribution is 5.81. The van der Waals surface area contributed by atoms with Crippen LogP contribution in [-0.4, -0.2) is 47.1 Å². The van der Waals surface area contributed by atoms with Crippen LogP contribution in [0.25, 0.3) is 11.3 Å². The summed E-state index contributed by atoms with van der Waals surface area (Å²) in [6.07, 6.45) is 4.68. The molecule has 1 unspecified atom stereocenters. The largest absolute Gasteiger partial charge is 0.372 e. The van der Waals surface area contributed by atoms with E-state index in [-0.39, 0.29) is 23.7 Å². The summed E-state index contributed by atoms with van der Waals surface area (Å²) in [5.74, 6) is 0.766. The predicted octanol–water partition coefficient (Wildman–Crippen LogP) is 3.80. The Hall–Kier alpha value is -2.34. The number of likely N-dealkylation sites (tertiary alicyclic amines) is 1. The van der Waals surface area contributed by atoms with Gasteiger partial charge < -0.3 is 9.64 Å². The van der Waals surface area contributed by atoms with Crippen molar-refractivity contribution in [1.82, 2.24) is 14.9 Å². The fourth-order valence-electron chi connectivity index (χ4n) is 3.55. The molecule has 2 aromatic rings. The van der Waals surface area contributed by atoms with Crippen LogP contribution in [0.4, 0.5) is 4.39 Å². The molecule has 1 fully saturated rings. The van der Waals surface area contributed by atoms with Crippen molar-refractivity contribution in [2.45, 2.75) is 44.6 Å². The lowest BCUT2D eigenvalue weighted by Gasteiger charge is -2.33. The maximum absolute atomic E-state index is 13.5. The third kappa shape index (κ3) is 4.69. The summed E-state index contributed by atoms with van der Waals surface area (Å²) in [7, 11) is 1.59. The number of aromatic nitrogens is 2. The molecule has 1 aliphatic heterocycles.